The molecule has 0 atom stereocenters. The lowest BCUT2D eigenvalue weighted by Crippen LogP contribution is -2.27. The Bertz CT molecular complexity index is 554. The third-order valence-electron chi connectivity index (χ3n) is 2.76. The highest BCUT2D eigenvalue weighted by Crippen LogP contribution is 2.20. The molecule has 5 nitrogen and oxygen atoms in total. The molecule has 1 heterocycles. The zero-order chi connectivity index (χ0) is 13.2. The number of anilines is 2. The van der Waals surface area contributed by atoms with Crippen molar-refractivity contribution in [3.05, 3.63) is 24.3 Å². The van der Waals surface area contributed by atoms with Crippen molar-refractivity contribution in [1.82, 2.24) is 9.97 Å². The van der Waals surface area contributed by atoms with Gasteiger partial charge in [-0.1, -0.05) is 26.0 Å². The van der Waals surface area contributed by atoms with Crippen LogP contribution < -0.4 is 11.1 Å². The van der Waals surface area contributed by atoms with Crippen LogP contribution in [0.25, 0.3) is 11.0 Å². The van der Waals surface area contributed by atoms with Crippen LogP contribution in [-0.4, -0.2) is 28.2 Å². The number of aromatic nitrogens is 2. The lowest BCUT2D eigenvalue weighted by Gasteiger charge is -2.22. The summed E-state index contributed by atoms with van der Waals surface area (Å²) in [4.78, 5) is 8.72. The van der Waals surface area contributed by atoms with Crippen molar-refractivity contribution in [3.8, 4) is 0 Å². The van der Waals surface area contributed by atoms with E-state index in [9.17, 15) is 5.11 Å². The third-order valence-corrected chi connectivity index (χ3v) is 2.76. The van der Waals surface area contributed by atoms with Crippen LogP contribution in [0.3, 0.4) is 0 Å². The molecule has 0 aliphatic carbocycles. The fraction of sp³-hybridized carbons (Fsp3) is 0.385. The predicted molar refractivity (Wildman–Crippen MR) is 73.3 cm³/mol. The van der Waals surface area contributed by atoms with E-state index in [1.165, 1.54) is 0 Å². The van der Waals surface area contributed by atoms with Crippen LogP contribution in [0.4, 0.5) is 11.6 Å². The molecule has 4 N–H and O–H groups in total. The molecule has 0 saturated heterocycles. The molecule has 0 unspecified atom stereocenters. The molecule has 1 aromatic carbocycles. The van der Waals surface area contributed by atoms with E-state index in [1.807, 2.05) is 38.1 Å². The number of aliphatic hydroxyl groups is 1. The van der Waals surface area contributed by atoms with Crippen LogP contribution >= 0.6 is 0 Å². The maximum Gasteiger partial charge on any atom is 0.169 e. The summed E-state index contributed by atoms with van der Waals surface area (Å²) in [7, 11) is 0. The fourth-order valence-electron chi connectivity index (χ4n) is 1.52. The zero-order valence-corrected chi connectivity index (χ0v) is 10.6. The number of hydrogen-bond acceptors (Lipinski definition) is 5. The smallest absolute Gasteiger partial charge is 0.169 e. The second-order valence-corrected chi connectivity index (χ2v) is 5.12. The van der Waals surface area contributed by atoms with Gasteiger partial charge in [0.25, 0.3) is 0 Å². The summed E-state index contributed by atoms with van der Waals surface area (Å²) in [5.74, 6) is 0.942. The molecule has 0 aliphatic rings. The van der Waals surface area contributed by atoms with Crippen molar-refractivity contribution in [2.45, 2.75) is 13.8 Å². The van der Waals surface area contributed by atoms with E-state index in [0.717, 1.165) is 11.0 Å². The van der Waals surface area contributed by atoms with Crippen LogP contribution in [0.1, 0.15) is 13.8 Å². The Balaban J connectivity index is 2.25. The Kier molecular flexibility index (Phi) is 3.34. The quantitative estimate of drug-likeness (QED) is 0.763. The van der Waals surface area contributed by atoms with Crippen molar-refractivity contribution in [2.24, 2.45) is 5.41 Å². The van der Waals surface area contributed by atoms with Gasteiger partial charge in [0.1, 0.15) is 0 Å². The Hall–Kier alpha value is -1.88. The Labute approximate surface area is 106 Å². The van der Waals surface area contributed by atoms with E-state index in [2.05, 4.69) is 15.3 Å². The normalized spacial score (nSPS) is 11.7. The maximum atomic E-state index is 9.21. The molecule has 0 bridgehead atoms. The molecular weight excluding hydrogens is 228 g/mol. The van der Waals surface area contributed by atoms with Gasteiger partial charge in [-0.05, 0) is 12.1 Å². The van der Waals surface area contributed by atoms with Gasteiger partial charge in [0.15, 0.2) is 11.6 Å². The molecule has 0 radical (unpaired) electrons. The molecule has 96 valence electrons. The summed E-state index contributed by atoms with van der Waals surface area (Å²) >= 11 is 0. The summed E-state index contributed by atoms with van der Waals surface area (Å²) in [6, 6.07) is 7.58. The first-order valence-corrected chi connectivity index (χ1v) is 5.89. The maximum absolute atomic E-state index is 9.21. The summed E-state index contributed by atoms with van der Waals surface area (Å²) in [5, 5.41) is 12.3. The number of para-hydroxylation sites is 2. The first kappa shape index (κ1) is 12.6. The second kappa shape index (κ2) is 4.78. The third kappa shape index (κ3) is 2.68. The van der Waals surface area contributed by atoms with Gasteiger partial charge in [-0.3, -0.25) is 0 Å². The molecule has 18 heavy (non-hydrogen) atoms. The minimum atomic E-state index is -0.222. The Morgan fingerprint density at radius 3 is 2.44 bits per heavy atom. The average molecular weight is 246 g/mol. The van der Waals surface area contributed by atoms with E-state index in [4.69, 9.17) is 5.73 Å². The van der Waals surface area contributed by atoms with E-state index in [0.29, 0.717) is 18.2 Å². The number of fused-ring (bicyclic) bond motifs is 1. The molecule has 2 aromatic rings. The van der Waals surface area contributed by atoms with Crippen molar-refractivity contribution in [2.75, 3.05) is 24.2 Å². The minimum absolute atomic E-state index is 0.0981. The first-order valence-electron chi connectivity index (χ1n) is 5.89. The Morgan fingerprint density at radius 1 is 1.22 bits per heavy atom. The fourth-order valence-corrected chi connectivity index (χ4v) is 1.52. The summed E-state index contributed by atoms with van der Waals surface area (Å²) in [6.45, 7) is 4.61. The van der Waals surface area contributed by atoms with Gasteiger partial charge in [0.2, 0.25) is 0 Å². The molecule has 1 aromatic heterocycles. The number of nitrogens with two attached hydrogens (primary N) is 1. The first-order chi connectivity index (χ1) is 8.52. The number of rotatable bonds is 4. The van der Waals surface area contributed by atoms with Crippen LogP contribution in [0.15, 0.2) is 24.3 Å². The SMILES string of the molecule is CC(C)(CO)CNc1nc2ccccc2nc1N. The van der Waals surface area contributed by atoms with Crippen molar-refractivity contribution in [3.63, 3.8) is 0 Å². The average Bonchev–Trinajstić information content (AvgIpc) is 2.36. The zero-order valence-electron chi connectivity index (χ0n) is 10.6. The number of aliphatic hydroxyl groups excluding tert-OH is 1. The lowest BCUT2D eigenvalue weighted by atomic mass is 9.95. The van der Waals surface area contributed by atoms with Crippen molar-refractivity contribution in [1.29, 1.82) is 0 Å². The van der Waals surface area contributed by atoms with E-state index in [1.54, 1.807) is 0 Å². The van der Waals surface area contributed by atoms with Gasteiger partial charge in [-0.15, -0.1) is 0 Å². The molecular formula is C13H18N4O. The van der Waals surface area contributed by atoms with E-state index in [-0.39, 0.29) is 12.0 Å². The number of hydrogen-bond donors (Lipinski definition) is 3. The van der Waals surface area contributed by atoms with Crippen LogP contribution in [-0.2, 0) is 0 Å². The van der Waals surface area contributed by atoms with E-state index >= 15 is 0 Å². The lowest BCUT2D eigenvalue weighted by molar-refractivity contribution is 0.171. The highest BCUT2D eigenvalue weighted by molar-refractivity contribution is 5.79. The van der Waals surface area contributed by atoms with Gasteiger partial charge < -0.3 is 16.2 Å². The molecule has 0 amide bonds. The number of nitrogen functional groups attached to an aromatic ring is 1. The monoisotopic (exact) mass is 246 g/mol. The van der Waals surface area contributed by atoms with Gasteiger partial charge in [0.05, 0.1) is 11.0 Å². The van der Waals surface area contributed by atoms with Crippen molar-refractivity contribution >= 4 is 22.7 Å². The highest BCUT2D eigenvalue weighted by atomic mass is 16.3. The summed E-state index contributed by atoms with van der Waals surface area (Å²) < 4.78 is 0. The van der Waals surface area contributed by atoms with Crippen LogP contribution in [0, 0.1) is 5.41 Å². The second-order valence-electron chi connectivity index (χ2n) is 5.12. The number of nitrogens with zero attached hydrogens (tertiary/aromatic N) is 2. The van der Waals surface area contributed by atoms with Gasteiger partial charge in [-0.25, -0.2) is 9.97 Å². The topological polar surface area (TPSA) is 84.1 Å². The molecule has 0 saturated carbocycles. The van der Waals surface area contributed by atoms with Crippen molar-refractivity contribution < 1.29 is 5.11 Å². The Morgan fingerprint density at radius 2 is 1.83 bits per heavy atom. The minimum Gasteiger partial charge on any atom is -0.396 e. The number of nitrogens with one attached hydrogen (secondary N) is 1. The molecule has 0 aliphatic heterocycles. The molecule has 0 spiro atoms. The molecule has 0 fully saturated rings. The summed E-state index contributed by atoms with van der Waals surface area (Å²) in [6.07, 6.45) is 0. The van der Waals surface area contributed by atoms with Crippen LogP contribution in [0.5, 0.6) is 0 Å². The summed E-state index contributed by atoms with van der Waals surface area (Å²) in [5.41, 5.74) is 7.22. The van der Waals surface area contributed by atoms with Gasteiger partial charge in [-0.2, -0.15) is 0 Å². The molecule has 2 rings (SSSR count). The largest absolute Gasteiger partial charge is 0.396 e. The standard InChI is InChI=1S/C13H18N4O/c1-13(2,8-18)7-15-12-11(14)16-9-5-3-4-6-10(9)17-12/h3-6,18H,7-8H2,1-2H3,(H2,14,16)(H,15,17). The van der Waals surface area contributed by atoms with Gasteiger partial charge >= 0.3 is 0 Å². The molecule has 5 heteroatoms. The number of benzene rings is 1. The predicted octanol–water partition coefficient (Wildman–Crippen LogP) is 1.64. The van der Waals surface area contributed by atoms with Gasteiger partial charge in [0, 0.05) is 18.6 Å². The van der Waals surface area contributed by atoms with Crippen LogP contribution in [0.2, 0.25) is 0 Å². The van der Waals surface area contributed by atoms with E-state index < -0.39 is 0 Å². The highest BCUT2D eigenvalue weighted by Gasteiger charge is 2.17.